The molecule has 6 heteroatoms. The van der Waals surface area contributed by atoms with Crippen LogP contribution < -0.4 is 5.11 Å². The number of tetrazole rings is 1. The molecular weight excluding hydrogens is 244 g/mol. The maximum atomic E-state index is 11.7. The number of carbonyl (C=O) groups excluding carboxylic acids is 1. The lowest BCUT2D eigenvalue weighted by Gasteiger charge is -2.61. The number of nitrogens with zero attached hydrogens (tertiary/aromatic N) is 4. The van der Waals surface area contributed by atoms with Gasteiger partial charge in [-0.05, 0) is 62.5 Å². The molecule has 0 saturated heterocycles. The fourth-order valence-corrected chi connectivity index (χ4v) is 5.17. The quantitative estimate of drug-likeness (QED) is 0.749. The van der Waals surface area contributed by atoms with Gasteiger partial charge >= 0.3 is 0 Å². The van der Waals surface area contributed by atoms with Crippen LogP contribution >= 0.6 is 0 Å². The number of carbonyl (C=O) groups is 1. The van der Waals surface area contributed by atoms with Gasteiger partial charge in [0.05, 0.1) is 5.54 Å². The predicted octanol–water partition coefficient (Wildman–Crippen LogP) is 0.0269. The number of aliphatic carboxylic acids is 1. The molecule has 1 aromatic rings. The lowest BCUT2D eigenvalue weighted by atomic mass is 9.47. The summed E-state index contributed by atoms with van der Waals surface area (Å²) in [6.45, 7) is 1.82. The second-order valence-corrected chi connectivity index (χ2v) is 6.88. The van der Waals surface area contributed by atoms with Crippen molar-refractivity contribution in [1.29, 1.82) is 0 Å². The highest BCUT2D eigenvalue weighted by Gasteiger charge is 2.60. The van der Waals surface area contributed by atoms with Crippen molar-refractivity contribution < 1.29 is 9.90 Å². The van der Waals surface area contributed by atoms with Gasteiger partial charge < -0.3 is 9.90 Å². The Bertz CT molecular complexity index is 539. The van der Waals surface area contributed by atoms with Crippen molar-refractivity contribution >= 4 is 5.97 Å². The highest BCUT2D eigenvalue weighted by atomic mass is 16.4. The zero-order valence-corrected chi connectivity index (χ0v) is 11.0. The lowest BCUT2D eigenvalue weighted by molar-refractivity contribution is -0.329. The summed E-state index contributed by atoms with van der Waals surface area (Å²) in [6.07, 6.45) is 5.32. The topological polar surface area (TPSA) is 83.7 Å². The Labute approximate surface area is 111 Å². The third-order valence-corrected chi connectivity index (χ3v) is 5.40. The zero-order valence-electron chi connectivity index (χ0n) is 11.0. The fourth-order valence-electron chi connectivity index (χ4n) is 5.17. The largest absolute Gasteiger partial charge is 0.550 e. The molecule has 4 aliphatic carbocycles. The van der Waals surface area contributed by atoms with Gasteiger partial charge in [-0.1, -0.05) is 0 Å². The van der Waals surface area contributed by atoms with Crippen LogP contribution in [0.2, 0.25) is 0 Å². The van der Waals surface area contributed by atoms with Crippen LogP contribution in [0.5, 0.6) is 0 Å². The Morgan fingerprint density at radius 2 is 2.00 bits per heavy atom. The fraction of sp³-hybridized carbons (Fsp3) is 0.846. The second kappa shape index (κ2) is 3.35. The van der Waals surface area contributed by atoms with Crippen molar-refractivity contribution in [2.45, 2.75) is 51.0 Å². The molecule has 2 atom stereocenters. The summed E-state index contributed by atoms with van der Waals surface area (Å²) in [5.41, 5.74) is -0.878. The minimum Gasteiger partial charge on any atom is -0.550 e. The van der Waals surface area contributed by atoms with Gasteiger partial charge in [0.2, 0.25) is 0 Å². The van der Waals surface area contributed by atoms with Crippen LogP contribution in [-0.4, -0.2) is 26.2 Å². The predicted molar refractivity (Wildman–Crippen MR) is 62.7 cm³/mol. The van der Waals surface area contributed by atoms with Gasteiger partial charge in [0.25, 0.3) is 0 Å². The number of rotatable bonds is 2. The first-order valence-electron chi connectivity index (χ1n) is 7.00. The lowest BCUT2D eigenvalue weighted by Crippen LogP contribution is -2.62. The van der Waals surface area contributed by atoms with Gasteiger partial charge in [-0.2, -0.15) is 4.80 Å². The summed E-state index contributed by atoms with van der Waals surface area (Å²) < 4.78 is 0. The van der Waals surface area contributed by atoms with Crippen molar-refractivity contribution in [3.63, 3.8) is 0 Å². The molecule has 4 saturated carbocycles. The smallest absolute Gasteiger partial charge is 0.171 e. The van der Waals surface area contributed by atoms with E-state index in [9.17, 15) is 9.90 Å². The number of hydrogen-bond donors (Lipinski definition) is 0. The molecular formula is C13H17N4O2-. The highest BCUT2D eigenvalue weighted by Crippen LogP contribution is 2.63. The molecule has 2 unspecified atom stereocenters. The van der Waals surface area contributed by atoms with Crippen molar-refractivity contribution in [2.24, 2.45) is 17.3 Å². The van der Waals surface area contributed by atoms with Gasteiger partial charge in [0.1, 0.15) is 0 Å². The zero-order chi connectivity index (χ0) is 13.3. The third kappa shape index (κ3) is 1.42. The number of aromatic nitrogens is 4. The van der Waals surface area contributed by atoms with Gasteiger partial charge in [0.15, 0.2) is 5.82 Å². The van der Waals surface area contributed by atoms with Crippen LogP contribution in [0.1, 0.15) is 44.3 Å². The normalized spacial score (nSPS) is 43.6. The van der Waals surface area contributed by atoms with Crippen molar-refractivity contribution in [2.75, 3.05) is 0 Å². The van der Waals surface area contributed by atoms with E-state index in [2.05, 4.69) is 15.4 Å². The molecule has 0 radical (unpaired) electrons. The Kier molecular flexibility index (Phi) is 2.00. The first kappa shape index (κ1) is 11.4. The molecule has 1 heterocycles. The first-order valence-corrected chi connectivity index (χ1v) is 7.00. The molecule has 102 valence electrons. The number of aryl methyl sites for hydroxylation is 1. The molecule has 19 heavy (non-hydrogen) atoms. The molecule has 4 fully saturated rings. The van der Waals surface area contributed by atoms with E-state index in [-0.39, 0.29) is 5.54 Å². The van der Waals surface area contributed by atoms with Gasteiger partial charge in [-0.3, -0.25) is 0 Å². The summed E-state index contributed by atoms with van der Waals surface area (Å²) in [4.78, 5) is 13.4. The van der Waals surface area contributed by atoms with Crippen LogP contribution in [0.25, 0.3) is 0 Å². The molecule has 0 spiro atoms. The Hall–Kier alpha value is -1.46. The highest BCUT2D eigenvalue weighted by molar-refractivity contribution is 5.73. The number of hydrogen-bond acceptors (Lipinski definition) is 5. The third-order valence-electron chi connectivity index (χ3n) is 5.40. The van der Waals surface area contributed by atoms with Gasteiger partial charge in [-0.15, -0.1) is 10.2 Å². The van der Waals surface area contributed by atoms with Crippen LogP contribution in [0.3, 0.4) is 0 Å². The first-order chi connectivity index (χ1) is 9.01. The van der Waals surface area contributed by atoms with Crippen molar-refractivity contribution in [1.82, 2.24) is 20.2 Å². The monoisotopic (exact) mass is 261 g/mol. The average molecular weight is 261 g/mol. The molecule has 0 amide bonds. The summed E-state index contributed by atoms with van der Waals surface area (Å²) in [5, 5.41) is 24.1. The second-order valence-electron chi connectivity index (χ2n) is 6.88. The van der Waals surface area contributed by atoms with Crippen LogP contribution in [0.15, 0.2) is 0 Å². The summed E-state index contributed by atoms with van der Waals surface area (Å²) >= 11 is 0. The van der Waals surface area contributed by atoms with Gasteiger partial charge in [0, 0.05) is 11.4 Å². The molecule has 0 N–H and O–H groups in total. The Morgan fingerprint density at radius 1 is 1.32 bits per heavy atom. The van der Waals surface area contributed by atoms with E-state index in [1.54, 1.807) is 4.80 Å². The Morgan fingerprint density at radius 3 is 2.53 bits per heavy atom. The minimum absolute atomic E-state index is 0.231. The van der Waals surface area contributed by atoms with E-state index in [0.29, 0.717) is 24.1 Å². The summed E-state index contributed by atoms with van der Waals surface area (Å²) in [7, 11) is 0. The molecule has 0 aromatic carbocycles. The van der Waals surface area contributed by atoms with E-state index in [4.69, 9.17) is 0 Å². The maximum absolute atomic E-state index is 11.7. The SMILES string of the molecule is Cc1nnn(C23CC4CC(CC(C(=O)[O-])(C4)C2)C3)n1. The van der Waals surface area contributed by atoms with E-state index in [1.807, 2.05) is 6.92 Å². The van der Waals surface area contributed by atoms with Crippen LogP contribution in [0, 0.1) is 24.2 Å². The van der Waals surface area contributed by atoms with Crippen molar-refractivity contribution in [3.8, 4) is 0 Å². The minimum atomic E-state index is -0.872. The van der Waals surface area contributed by atoms with E-state index < -0.39 is 11.4 Å². The number of carboxylic acids is 1. The molecule has 5 rings (SSSR count). The summed E-state index contributed by atoms with van der Waals surface area (Å²) in [5.74, 6) is 0.733. The van der Waals surface area contributed by atoms with Crippen molar-refractivity contribution in [3.05, 3.63) is 5.82 Å². The van der Waals surface area contributed by atoms with E-state index in [0.717, 1.165) is 32.1 Å². The summed E-state index contributed by atoms with van der Waals surface area (Å²) in [6, 6.07) is 0. The molecule has 4 bridgehead atoms. The van der Waals surface area contributed by atoms with E-state index in [1.165, 1.54) is 0 Å². The maximum Gasteiger partial charge on any atom is 0.171 e. The average Bonchev–Trinajstić information content (AvgIpc) is 2.74. The standard InChI is InChI=1S/C13H18N4O2/c1-8-14-16-17(15-8)13-5-9-2-10(6-13)4-12(3-9,7-13)11(18)19/h9-10H,2-7H2,1H3,(H,18,19)/p-1. The Balaban J connectivity index is 1.80. The van der Waals surface area contributed by atoms with Crippen LogP contribution in [-0.2, 0) is 10.3 Å². The number of carboxylic acid groups (broad SMARTS) is 1. The molecule has 0 aliphatic heterocycles. The van der Waals surface area contributed by atoms with E-state index >= 15 is 0 Å². The molecule has 4 aliphatic rings. The van der Waals surface area contributed by atoms with Gasteiger partial charge in [-0.25, -0.2) is 0 Å². The molecule has 6 nitrogen and oxygen atoms in total. The molecule has 1 aromatic heterocycles. The van der Waals surface area contributed by atoms with Crippen LogP contribution in [0.4, 0.5) is 0 Å².